The van der Waals surface area contributed by atoms with Gasteiger partial charge in [-0.2, -0.15) is 0 Å². The third-order valence-corrected chi connectivity index (χ3v) is 2.45. The fourth-order valence-electron chi connectivity index (χ4n) is 1.29. The summed E-state index contributed by atoms with van der Waals surface area (Å²) < 4.78 is 15.9. The molecule has 0 saturated carbocycles. The van der Waals surface area contributed by atoms with Gasteiger partial charge in [0, 0.05) is 6.66 Å². The van der Waals surface area contributed by atoms with E-state index >= 15 is 0 Å². The molecule has 0 aliphatic heterocycles. The second kappa shape index (κ2) is 4.22. The van der Waals surface area contributed by atoms with Crippen molar-refractivity contribution in [3.05, 3.63) is 12.2 Å². The Hall–Kier alpha value is -0.110. The van der Waals surface area contributed by atoms with Crippen molar-refractivity contribution in [2.75, 3.05) is 6.66 Å². The van der Waals surface area contributed by atoms with Crippen molar-refractivity contribution in [2.24, 2.45) is 0 Å². The van der Waals surface area contributed by atoms with E-state index in [0.29, 0.717) is 0 Å². The van der Waals surface area contributed by atoms with Crippen LogP contribution in [0.2, 0.25) is 0 Å². The van der Waals surface area contributed by atoms with Crippen molar-refractivity contribution in [1.29, 1.82) is 0 Å². The Kier molecular flexibility index (Phi) is 3.51. The SMILES string of the molecule is CP(=O)(O)OC1C=CCCCC1. The van der Waals surface area contributed by atoms with Crippen LogP contribution in [-0.2, 0) is 9.09 Å². The van der Waals surface area contributed by atoms with Gasteiger partial charge in [-0.05, 0) is 19.3 Å². The Morgan fingerprint density at radius 3 is 3.00 bits per heavy atom. The molecule has 12 heavy (non-hydrogen) atoms. The number of rotatable bonds is 2. The number of allylic oxidation sites excluding steroid dienone is 1. The summed E-state index contributed by atoms with van der Waals surface area (Å²) in [7, 11) is -3.30. The van der Waals surface area contributed by atoms with Crippen LogP contribution >= 0.6 is 7.60 Å². The molecule has 1 rings (SSSR count). The summed E-state index contributed by atoms with van der Waals surface area (Å²) in [4.78, 5) is 8.96. The number of hydrogen-bond acceptors (Lipinski definition) is 2. The lowest BCUT2D eigenvalue weighted by molar-refractivity contribution is 0.205. The van der Waals surface area contributed by atoms with Crippen molar-refractivity contribution in [1.82, 2.24) is 0 Å². The van der Waals surface area contributed by atoms with E-state index in [1.165, 1.54) is 6.66 Å². The molecule has 0 spiro atoms. The second-order valence-corrected chi connectivity index (χ2v) is 4.98. The van der Waals surface area contributed by atoms with Crippen LogP contribution < -0.4 is 0 Å². The van der Waals surface area contributed by atoms with Gasteiger partial charge in [-0.3, -0.25) is 4.57 Å². The van der Waals surface area contributed by atoms with E-state index in [0.717, 1.165) is 25.7 Å². The van der Waals surface area contributed by atoms with Crippen LogP contribution in [-0.4, -0.2) is 17.7 Å². The molecule has 0 aromatic rings. The van der Waals surface area contributed by atoms with Gasteiger partial charge in [-0.15, -0.1) is 0 Å². The van der Waals surface area contributed by atoms with Gasteiger partial charge in [-0.25, -0.2) is 0 Å². The zero-order valence-electron chi connectivity index (χ0n) is 7.27. The Morgan fingerprint density at radius 1 is 1.58 bits per heavy atom. The third kappa shape index (κ3) is 4.05. The zero-order chi connectivity index (χ0) is 9.03. The Morgan fingerprint density at radius 2 is 2.33 bits per heavy atom. The smallest absolute Gasteiger partial charge is 0.324 e. The van der Waals surface area contributed by atoms with E-state index in [2.05, 4.69) is 0 Å². The van der Waals surface area contributed by atoms with Crippen LogP contribution in [0.25, 0.3) is 0 Å². The molecule has 0 saturated heterocycles. The average Bonchev–Trinajstić information content (AvgIpc) is 2.12. The summed E-state index contributed by atoms with van der Waals surface area (Å²) in [6.07, 6.45) is 7.88. The molecule has 0 fully saturated rings. The molecule has 4 heteroatoms. The van der Waals surface area contributed by atoms with Crippen molar-refractivity contribution in [3.8, 4) is 0 Å². The largest absolute Gasteiger partial charge is 0.325 e. The third-order valence-electron chi connectivity index (χ3n) is 1.79. The van der Waals surface area contributed by atoms with E-state index < -0.39 is 7.60 Å². The monoisotopic (exact) mass is 190 g/mol. The van der Waals surface area contributed by atoms with Gasteiger partial charge in [-0.1, -0.05) is 18.6 Å². The molecule has 2 atom stereocenters. The Labute approximate surface area is 73.0 Å². The lowest BCUT2D eigenvalue weighted by atomic mass is 10.2. The molecule has 70 valence electrons. The molecule has 2 unspecified atom stereocenters. The fourth-order valence-corrected chi connectivity index (χ4v) is 1.97. The molecular formula is C8H15O3P. The van der Waals surface area contributed by atoms with E-state index in [1.807, 2.05) is 12.2 Å². The van der Waals surface area contributed by atoms with Gasteiger partial charge in [0.15, 0.2) is 0 Å². The molecule has 0 aromatic heterocycles. The minimum Gasteiger partial charge on any atom is -0.324 e. The van der Waals surface area contributed by atoms with Crippen molar-refractivity contribution in [2.45, 2.75) is 31.8 Å². The maximum absolute atomic E-state index is 10.9. The molecule has 0 radical (unpaired) electrons. The predicted octanol–water partition coefficient (Wildman–Crippen LogP) is 2.32. The van der Waals surface area contributed by atoms with Crippen molar-refractivity contribution >= 4 is 7.60 Å². The lowest BCUT2D eigenvalue weighted by Gasteiger charge is -2.14. The normalized spacial score (nSPS) is 29.3. The van der Waals surface area contributed by atoms with E-state index in [9.17, 15) is 4.57 Å². The highest BCUT2D eigenvalue weighted by Crippen LogP contribution is 2.39. The summed E-state index contributed by atoms with van der Waals surface area (Å²) in [5, 5.41) is 0. The van der Waals surface area contributed by atoms with Crippen LogP contribution in [0.3, 0.4) is 0 Å². The van der Waals surface area contributed by atoms with E-state index in [1.54, 1.807) is 0 Å². The fraction of sp³-hybridized carbons (Fsp3) is 0.750. The average molecular weight is 190 g/mol. The molecule has 0 heterocycles. The van der Waals surface area contributed by atoms with Gasteiger partial charge in [0.05, 0.1) is 6.10 Å². The first-order valence-electron chi connectivity index (χ1n) is 4.23. The molecular weight excluding hydrogens is 175 g/mol. The predicted molar refractivity (Wildman–Crippen MR) is 48.2 cm³/mol. The van der Waals surface area contributed by atoms with E-state index in [4.69, 9.17) is 9.42 Å². The first kappa shape index (κ1) is 9.97. The Bertz CT molecular complexity index is 206. The molecule has 0 aromatic carbocycles. The summed E-state index contributed by atoms with van der Waals surface area (Å²) in [5.74, 6) is 0. The van der Waals surface area contributed by atoms with Gasteiger partial charge in [0.1, 0.15) is 0 Å². The quantitative estimate of drug-likeness (QED) is 0.537. The van der Waals surface area contributed by atoms with E-state index in [-0.39, 0.29) is 6.10 Å². The molecule has 0 amide bonds. The topological polar surface area (TPSA) is 46.5 Å². The Balaban J connectivity index is 2.45. The second-order valence-electron chi connectivity index (χ2n) is 3.16. The summed E-state index contributed by atoms with van der Waals surface area (Å²) in [6, 6.07) is 0. The van der Waals surface area contributed by atoms with Crippen molar-refractivity contribution in [3.63, 3.8) is 0 Å². The highest BCUT2D eigenvalue weighted by Gasteiger charge is 2.17. The first-order valence-corrected chi connectivity index (χ1v) is 6.26. The maximum Gasteiger partial charge on any atom is 0.325 e. The maximum atomic E-state index is 10.9. The van der Waals surface area contributed by atoms with Crippen molar-refractivity contribution < 1.29 is 14.0 Å². The first-order chi connectivity index (χ1) is 5.58. The standard InChI is InChI=1S/C8H15O3P/c1-12(9,10)11-8-6-4-2-3-5-7-8/h4,6,8H,2-3,5,7H2,1H3,(H,9,10). The number of hydrogen-bond donors (Lipinski definition) is 1. The van der Waals surface area contributed by atoms with Crippen LogP contribution in [0.1, 0.15) is 25.7 Å². The van der Waals surface area contributed by atoms with Gasteiger partial charge < -0.3 is 9.42 Å². The summed E-state index contributed by atoms with van der Waals surface area (Å²) in [5.41, 5.74) is 0. The lowest BCUT2D eigenvalue weighted by Crippen LogP contribution is -2.06. The van der Waals surface area contributed by atoms with Gasteiger partial charge in [0.25, 0.3) is 0 Å². The van der Waals surface area contributed by atoms with Gasteiger partial charge >= 0.3 is 7.60 Å². The zero-order valence-corrected chi connectivity index (χ0v) is 8.17. The van der Waals surface area contributed by atoms with Crippen LogP contribution in [0, 0.1) is 0 Å². The molecule has 1 aliphatic carbocycles. The summed E-state index contributed by atoms with van der Waals surface area (Å²) >= 11 is 0. The van der Waals surface area contributed by atoms with Crippen LogP contribution in [0.15, 0.2) is 12.2 Å². The van der Waals surface area contributed by atoms with Crippen LogP contribution in [0.4, 0.5) is 0 Å². The van der Waals surface area contributed by atoms with Gasteiger partial charge in [0.2, 0.25) is 0 Å². The van der Waals surface area contributed by atoms with Crippen LogP contribution in [0.5, 0.6) is 0 Å². The molecule has 1 N–H and O–H groups in total. The highest BCUT2D eigenvalue weighted by atomic mass is 31.2. The minimum absolute atomic E-state index is 0.159. The highest BCUT2D eigenvalue weighted by molar-refractivity contribution is 7.51. The molecule has 0 bridgehead atoms. The molecule has 3 nitrogen and oxygen atoms in total. The summed E-state index contributed by atoms with van der Waals surface area (Å²) in [6.45, 7) is 1.23. The molecule has 1 aliphatic rings. The minimum atomic E-state index is -3.30.